The zero-order chi connectivity index (χ0) is 18.9. The van der Waals surface area contributed by atoms with Crippen LogP contribution in [-0.2, 0) is 11.0 Å². The third-order valence-electron chi connectivity index (χ3n) is 3.80. The Morgan fingerprint density at radius 3 is 2.62 bits per heavy atom. The van der Waals surface area contributed by atoms with Gasteiger partial charge in [-0.1, -0.05) is 12.1 Å². The van der Waals surface area contributed by atoms with Gasteiger partial charge in [0, 0.05) is 24.1 Å². The van der Waals surface area contributed by atoms with E-state index in [2.05, 4.69) is 11.9 Å². The largest absolute Gasteiger partial charge is 0.416 e. The second kappa shape index (κ2) is 6.55. The van der Waals surface area contributed by atoms with E-state index in [1.165, 1.54) is 28.9 Å². The summed E-state index contributed by atoms with van der Waals surface area (Å²) < 4.78 is 40.3. The monoisotopic (exact) mass is 361 g/mol. The number of carbonyl (C=O) groups excluding carboxylic acids is 2. The molecule has 2 aromatic rings. The summed E-state index contributed by atoms with van der Waals surface area (Å²) in [5, 5.41) is 2.45. The van der Waals surface area contributed by atoms with Crippen molar-refractivity contribution in [1.29, 1.82) is 0 Å². The number of hydrogen-bond acceptors (Lipinski definition) is 2. The molecule has 1 aromatic heterocycles. The van der Waals surface area contributed by atoms with Crippen LogP contribution in [0.3, 0.4) is 0 Å². The van der Waals surface area contributed by atoms with E-state index in [0.717, 1.165) is 17.0 Å². The van der Waals surface area contributed by atoms with Crippen LogP contribution >= 0.6 is 0 Å². The third-order valence-corrected chi connectivity index (χ3v) is 3.80. The quantitative estimate of drug-likeness (QED) is 0.514. The van der Waals surface area contributed by atoms with Crippen molar-refractivity contribution in [3.05, 3.63) is 72.2 Å². The molecule has 3 amide bonds. The molecule has 3 rings (SSSR count). The minimum atomic E-state index is -4.46. The Labute approximate surface area is 147 Å². The van der Waals surface area contributed by atoms with Crippen molar-refractivity contribution in [2.45, 2.75) is 6.18 Å². The lowest BCUT2D eigenvalue weighted by molar-refractivity contribution is -0.137. The Balaban J connectivity index is 1.97. The van der Waals surface area contributed by atoms with Crippen LogP contribution in [0.25, 0.3) is 11.8 Å². The Hall–Kier alpha value is -3.29. The molecule has 0 saturated carbocycles. The summed E-state index contributed by atoms with van der Waals surface area (Å²) in [7, 11) is 0. The number of benzene rings is 1. The van der Waals surface area contributed by atoms with Crippen molar-refractivity contribution in [2.24, 2.45) is 0 Å². The molecule has 0 aliphatic carbocycles. The third kappa shape index (κ3) is 3.26. The fourth-order valence-corrected chi connectivity index (χ4v) is 2.59. The van der Waals surface area contributed by atoms with Gasteiger partial charge < -0.3 is 9.88 Å². The average Bonchev–Trinajstić information content (AvgIpc) is 3.15. The van der Waals surface area contributed by atoms with Gasteiger partial charge in [0.1, 0.15) is 5.70 Å². The molecule has 1 N–H and O–H groups in total. The van der Waals surface area contributed by atoms with Crippen molar-refractivity contribution in [3.63, 3.8) is 0 Å². The number of imide groups is 1. The lowest BCUT2D eigenvalue weighted by atomic mass is 10.2. The summed E-state index contributed by atoms with van der Waals surface area (Å²) in [4.78, 5) is 25.0. The molecule has 1 saturated heterocycles. The molecule has 2 heterocycles. The average molecular weight is 361 g/mol. The summed E-state index contributed by atoms with van der Waals surface area (Å²) in [6.07, 6.45) is -0.0393. The summed E-state index contributed by atoms with van der Waals surface area (Å²) in [6, 6.07) is 7.52. The molecule has 0 atom stereocenters. The van der Waals surface area contributed by atoms with Gasteiger partial charge in [-0.25, -0.2) is 4.79 Å². The lowest BCUT2D eigenvalue weighted by Gasteiger charge is -2.11. The van der Waals surface area contributed by atoms with Gasteiger partial charge in [-0.2, -0.15) is 13.2 Å². The van der Waals surface area contributed by atoms with Crippen LogP contribution in [0.4, 0.5) is 18.0 Å². The number of aromatic nitrogens is 1. The molecule has 1 aliphatic heterocycles. The predicted octanol–water partition coefficient (Wildman–Crippen LogP) is 3.57. The van der Waals surface area contributed by atoms with E-state index >= 15 is 0 Å². The van der Waals surface area contributed by atoms with Crippen LogP contribution < -0.4 is 5.32 Å². The number of nitrogens with zero attached hydrogens (tertiary/aromatic N) is 2. The zero-order valence-corrected chi connectivity index (χ0v) is 13.5. The van der Waals surface area contributed by atoms with E-state index < -0.39 is 23.7 Å². The second-order valence-corrected chi connectivity index (χ2v) is 5.54. The highest BCUT2D eigenvalue weighted by molar-refractivity contribution is 6.14. The number of hydrogen-bond donors (Lipinski definition) is 1. The van der Waals surface area contributed by atoms with Crippen LogP contribution in [0.1, 0.15) is 11.3 Å². The second-order valence-electron chi connectivity index (χ2n) is 5.54. The first-order valence-corrected chi connectivity index (χ1v) is 7.61. The molecule has 0 bridgehead atoms. The maximum atomic E-state index is 12.9. The summed E-state index contributed by atoms with van der Waals surface area (Å²) in [5.41, 5.74) is 0.0123. The molecule has 0 unspecified atom stereocenters. The molecule has 8 heteroatoms. The predicted molar refractivity (Wildman–Crippen MR) is 89.2 cm³/mol. The van der Waals surface area contributed by atoms with Gasteiger partial charge in [0.25, 0.3) is 5.91 Å². The van der Waals surface area contributed by atoms with E-state index in [1.54, 1.807) is 18.3 Å². The standard InChI is InChI=1S/C18H14F3N3O2/c1-2-8-24-16(25)15(22-17(24)26)11-14-7-4-9-23(14)13-6-3-5-12(10-13)18(19,20)21/h2-7,9-11H,1,8H2,(H,22,26)/b15-11+. The molecular formula is C18H14F3N3O2. The van der Waals surface area contributed by atoms with E-state index in [1.807, 2.05) is 0 Å². The minimum Gasteiger partial charge on any atom is -0.317 e. The first-order valence-electron chi connectivity index (χ1n) is 7.61. The number of halogens is 3. The number of rotatable bonds is 4. The SMILES string of the molecule is C=CCN1C(=O)N/C(=C/c2cccn2-c2cccc(C(F)(F)F)c2)C1=O. The van der Waals surface area contributed by atoms with Crippen molar-refractivity contribution in [1.82, 2.24) is 14.8 Å². The van der Waals surface area contributed by atoms with Crippen LogP contribution in [0.5, 0.6) is 0 Å². The Kier molecular flexibility index (Phi) is 4.41. The van der Waals surface area contributed by atoms with Crippen LogP contribution in [0, 0.1) is 0 Å². The molecule has 1 aliphatic rings. The van der Waals surface area contributed by atoms with Gasteiger partial charge in [-0.15, -0.1) is 6.58 Å². The maximum Gasteiger partial charge on any atom is 0.416 e. The highest BCUT2D eigenvalue weighted by Crippen LogP contribution is 2.30. The topological polar surface area (TPSA) is 54.3 Å². The lowest BCUT2D eigenvalue weighted by Crippen LogP contribution is -2.30. The highest BCUT2D eigenvalue weighted by Gasteiger charge is 2.33. The number of amides is 3. The van der Waals surface area contributed by atoms with Gasteiger partial charge in [0.15, 0.2) is 0 Å². The van der Waals surface area contributed by atoms with Crippen molar-refractivity contribution in [2.75, 3.05) is 6.54 Å². The minimum absolute atomic E-state index is 0.0452. The van der Waals surface area contributed by atoms with Crippen molar-refractivity contribution >= 4 is 18.0 Å². The molecule has 0 radical (unpaired) electrons. The van der Waals surface area contributed by atoms with E-state index in [-0.39, 0.29) is 17.9 Å². The zero-order valence-electron chi connectivity index (χ0n) is 13.5. The van der Waals surface area contributed by atoms with Gasteiger partial charge >= 0.3 is 12.2 Å². The molecule has 1 fully saturated rings. The molecule has 5 nitrogen and oxygen atoms in total. The molecule has 26 heavy (non-hydrogen) atoms. The van der Waals surface area contributed by atoms with Gasteiger partial charge in [-0.3, -0.25) is 9.69 Å². The Bertz CT molecular complexity index is 912. The van der Waals surface area contributed by atoms with Crippen molar-refractivity contribution in [3.8, 4) is 5.69 Å². The van der Waals surface area contributed by atoms with Gasteiger partial charge in [0.05, 0.1) is 5.56 Å². The summed E-state index contributed by atoms with van der Waals surface area (Å²) in [5.74, 6) is -0.522. The molecular weight excluding hydrogens is 347 g/mol. The fraction of sp³-hybridized carbons (Fsp3) is 0.111. The normalized spacial score (nSPS) is 16.3. The fourth-order valence-electron chi connectivity index (χ4n) is 2.59. The summed E-state index contributed by atoms with van der Waals surface area (Å²) in [6.45, 7) is 3.55. The number of urea groups is 1. The molecule has 0 spiro atoms. The number of nitrogens with one attached hydrogen (secondary N) is 1. The van der Waals surface area contributed by atoms with Crippen LogP contribution in [-0.4, -0.2) is 28.0 Å². The highest BCUT2D eigenvalue weighted by atomic mass is 19.4. The molecule has 134 valence electrons. The summed E-state index contributed by atoms with van der Waals surface area (Å²) >= 11 is 0. The number of alkyl halides is 3. The van der Waals surface area contributed by atoms with Crippen LogP contribution in [0.15, 0.2) is 60.9 Å². The maximum absolute atomic E-state index is 12.9. The first kappa shape index (κ1) is 17.5. The van der Waals surface area contributed by atoms with Crippen LogP contribution in [0.2, 0.25) is 0 Å². The molecule has 1 aromatic carbocycles. The van der Waals surface area contributed by atoms with Gasteiger partial charge in [-0.05, 0) is 36.4 Å². The van der Waals surface area contributed by atoms with E-state index in [9.17, 15) is 22.8 Å². The van der Waals surface area contributed by atoms with Gasteiger partial charge in [0.2, 0.25) is 0 Å². The number of carbonyl (C=O) groups is 2. The van der Waals surface area contributed by atoms with E-state index in [4.69, 9.17) is 0 Å². The smallest absolute Gasteiger partial charge is 0.317 e. The van der Waals surface area contributed by atoms with E-state index in [0.29, 0.717) is 5.69 Å². The first-order chi connectivity index (χ1) is 12.3. The Morgan fingerprint density at radius 2 is 1.92 bits per heavy atom. The Morgan fingerprint density at radius 1 is 1.15 bits per heavy atom. The van der Waals surface area contributed by atoms with Crippen molar-refractivity contribution < 1.29 is 22.8 Å².